The zero-order valence-corrected chi connectivity index (χ0v) is 15.8. The summed E-state index contributed by atoms with van der Waals surface area (Å²) in [5, 5.41) is 3.57. The first-order valence-electron chi connectivity index (χ1n) is 8.25. The Morgan fingerprint density at radius 3 is 2.25 bits per heavy atom. The molecule has 1 N–H and O–H groups in total. The normalized spacial score (nSPS) is 12.0. The number of thioether (sulfide) groups is 1. The summed E-state index contributed by atoms with van der Waals surface area (Å²) in [5.74, 6) is 0.793. The van der Waals surface area contributed by atoms with Crippen LogP contribution in [0.3, 0.4) is 0 Å². The molecule has 5 heteroatoms. The number of hydrogen-bond donors (Lipinski definition) is 1. The Labute approximate surface area is 148 Å². The fourth-order valence-corrected chi connectivity index (χ4v) is 3.00. The predicted molar refractivity (Wildman–Crippen MR) is 101 cm³/mol. The van der Waals surface area contributed by atoms with Gasteiger partial charge in [0.25, 0.3) is 0 Å². The number of anilines is 1. The number of carbonyl (C=O) groups excluding carboxylic acids is 1. The number of nitrogens with zero attached hydrogens (tertiary/aromatic N) is 2. The zero-order valence-electron chi connectivity index (χ0n) is 15.0. The Bertz CT molecular complexity index is 690. The molecule has 0 fully saturated rings. The second kappa shape index (κ2) is 8.29. The van der Waals surface area contributed by atoms with Crippen LogP contribution in [-0.2, 0) is 4.79 Å². The van der Waals surface area contributed by atoms with Crippen molar-refractivity contribution in [3.05, 3.63) is 46.8 Å². The average Bonchev–Trinajstić information content (AvgIpc) is 2.57. The molecule has 1 heterocycles. The maximum absolute atomic E-state index is 12.1. The molecule has 0 radical (unpaired) electrons. The number of benzene rings is 1. The molecule has 0 spiro atoms. The topological polar surface area (TPSA) is 54.9 Å². The SMILES string of the molecule is CCC(C)c1ccc(NC(=O)CSc2nc(C)c(C)c(C)n2)cc1. The highest BCUT2D eigenvalue weighted by Crippen LogP contribution is 2.21. The number of carbonyl (C=O) groups is 1. The second-order valence-corrected chi connectivity index (χ2v) is 7.01. The van der Waals surface area contributed by atoms with E-state index in [4.69, 9.17) is 0 Å². The molecule has 4 nitrogen and oxygen atoms in total. The highest BCUT2D eigenvalue weighted by molar-refractivity contribution is 7.99. The summed E-state index contributed by atoms with van der Waals surface area (Å²) >= 11 is 1.36. The first-order chi connectivity index (χ1) is 11.4. The van der Waals surface area contributed by atoms with Crippen LogP contribution in [0.1, 0.15) is 48.7 Å². The first kappa shape index (κ1) is 18.5. The van der Waals surface area contributed by atoms with E-state index in [0.29, 0.717) is 16.8 Å². The lowest BCUT2D eigenvalue weighted by Crippen LogP contribution is -2.14. The molecular weight excluding hydrogens is 318 g/mol. The Balaban J connectivity index is 1.91. The van der Waals surface area contributed by atoms with Crippen LogP contribution in [0.25, 0.3) is 0 Å². The summed E-state index contributed by atoms with van der Waals surface area (Å²) in [6, 6.07) is 8.07. The molecule has 2 rings (SSSR count). The molecule has 128 valence electrons. The summed E-state index contributed by atoms with van der Waals surface area (Å²) in [5.41, 5.74) is 5.15. The first-order valence-corrected chi connectivity index (χ1v) is 9.23. The van der Waals surface area contributed by atoms with Gasteiger partial charge in [-0.15, -0.1) is 0 Å². The third kappa shape index (κ3) is 4.81. The van der Waals surface area contributed by atoms with Gasteiger partial charge in [-0.3, -0.25) is 4.79 Å². The van der Waals surface area contributed by atoms with Crippen molar-refractivity contribution in [1.29, 1.82) is 0 Å². The smallest absolute Gasteiger partial charge is 0.234 e. The Kier molecular flexibility index (Phi) is 6.37. The number of aromatic nitrogens is 2. The van der Waals surface area contributed by atoms with Crippen LogP contribution in [0.5, 0.6) is 0 Å². The van der Waals surface area contributed by atoms with Gasteiger partial charge in [-0.2, -0.15) is 0 Å². The van der Waals surface area contributed by atoms with Gasteiger partial charge in [0.1, 0.15) is 0 Å². The lowest BCUT2D eigenvalue weighted by atomic mass is 9.99. The molecule has 2 aromatic rings. The van der Waals surface area contributed by atoms with Crippen molar-refractivity contribution in [1.82, 2.24) is 9.97 Å². The molecule has 1 unspecified atom stereocenters. The summed E-state index contributed by atoms with van der Waals surface area (Å²) in [6.07, 6.45) is 1.11. The number of nitrogens with one attached hydrogen (secondary N) is 1. The largest absolute Gasteiger partial charge is 0.325 e. The molecule has 1 amide bonds. The van der Waals surface area contributed by atoms with Gasteiger partial charge in [-0.25, -0.2) is 9.97 Å². The highest BCUT2D eigenvalue weighted by atomic mass is 32.2. The fourth-order valence-electron chi connectivity index (χ4n) is 2.26. The van der Waals surface area contributed by atoms with E-state index < -0.39 is 0 Å². The minimum atomic E-state index is -0.0456. The van der Waals surface area contributed by atoms with E-state index in [1.165, 1.54) is 17.3 Å². The lowest BCUT2D eigenvalue weighted by Gasteiger charge is -2.10. The Morgan fingerprint density at radius 1 is 1.12 bits per heavy atom. The molecule has 24 heavy (non-hydrogen) atoms. The second-order valence-electron chi connectivity index (χ2n) is 6.07. The molecule has 0 aliphatic rings. The molecule has 0 saturated heterocycles. The van der Waals surface area contributed by atoms with Crippen molar-refractivity contribution in [2.24, 2.45) is 0 Å². The van der Waals surface area contributed by atoms with Gasteiger partial charge in [0.15, 0.2) is 5.16 Å². The highest BCUT2D eigenvalue weighted by Gasteiger charge is 2.09. The Hall–Kier alpha value is -1.88. The molecular formula is C19H25N3OS. The van der Waals surface area contributed by atoms with Crippen molar-refractivity contribution < 1.29 is 4.79 Å². The number of aryl methyl sites for hydroxylation is 2. The third-order valence-electron chi connectivity index (χ3n) is 4.32. The summed E-state index contributed by atoms with van der Waals surface area (Å²) in [7, 11) is 0. The van der Waals surface area contributed by atoms with Gasteiger partial charge in [-0.05, 0) is 56.4 Å². The van der Waals surface area contributed by atoms with Gasteiger partial charge in [0, 0.05) is 17.1 Å². The van der Waals surface area contributed by atoms with E-state index in [9.17, 15) is 4.79 Å². The van der Waals surface area contributed by atoms with Crippen LogP contribution < -0.4 is 5.32 Å². The summed E-state index contributed by atoms with van der Waals surface area (Å²) in [6.45, 7) is 10.3. The van der Waals surface area contributed by atoms with Crippen molar-refractivity contribution in [3.8, 4) is 0 Å². The van der Waals surface area contributed by atoms with Gasteiger partial charge in [-0.1, -0.05) is 37.7 Å². The minimum absolute atomic E-state index is 0.0456. The van der Waals surface area contributed by atoms with Crippen molar-refractivity contribution in [2.75, 3.05) is 11.1 Å². The van der Waals surface area contributed by atoms with Crippen molar-refractivity contribution in [2.45, 2.75) is 52.1 Å². The van der Waals surface area contributed by atoms with Gasteiger partial charge >= 0.3 is 0 Å². The average molecular weight is 343 g/mol. The predicted octanol–water partition coefficient (Wildman–Crippen LogP) is 4.65. The van der Waals surface area contributed by atoms with Crippen LogP contribution in [0.4, 0.5) is 5.69 Å². The van der Waals surface area contributed by atoms with Crippen LogP contribution in [0, 0.1) is 20.8 Å². The maximum atomic E-state index is 12.1. The van der Waals surface area contributed by atoms with Crippen LogP contribution in [-0.4, -0.2) is 21.6 Å². The standard InChI is InChI=1S/C19H25N3OS/c1-6-12(2)16-7-9-17(10-8-16)22-18(23)11-24-19-20-14(4)13(3)15(5)21-19/h7-10,12H,6,11H2,1-5H3,(H,22,23). The molecule has 1 atom stereocenters. The summed E-state index contributed by atoms with van der Waals surface area (Å²) < 4.78 is 0. The monoisotopic (exact) mass is 343 g/mol. The quantitative estimate of drug-likeness (QED) is 0.613. The molecule has 0 aliphatic heterocycles. The van der Waals surface area contributed by atoms with E-state index in [2.05, 4.69) is 41.3 Å². The van der Waals surface area contributed by atoms with Gasteiger partial charge in [0.05, 0.1) is 5.75 Å². The molecule has 1 aromatic heterocycles. The van der Waals surface area contributed by atoms with Gasteiger partial charge in [0.2, 0.25) is 5.91 Å². The van der Waals surface area contributed by atoms with Crippen LogP contribution in [0.15, 0.2) is 29.4 Å². The van der Waals surface area contributed by atoms with Crippen molar-refractivity contribution in [3.63, 3.8) is 0 Å². The number of amides is 1. The van der Waals surface area contributed by atoms with Crippen LogP contribution >= 0.6 is 11.8 Å². The molecule has 0 saturated carbocycles. The fraction of sp³-hybridized carbons (Fsp3) is 0.421. The molecule has 0 aliphatic carbocycles. The Morgan fingerprint density at radius 2 is 1.71 bits per heavy atom. The third-order valence-corrected chi connectivity index (χ3v) is 5.17. The minimum Gasteiger partial charge on any atom is -0.325 e. The zero-order chi connectivity index (χ0) is 17.7. The van der Waals surface area contributed by atoms with E-state index in [1.54, 1.807) is 0 Å². The maximum Gasteiger partial charge on any atom is 0.234 e. The van der Waals surface area contributed by atoms with Crippen LogP contribution in [0.2, 0.25) is 0 Å². The lowest BCUT2D eigenvalue weighted by molar-refractivity contribution is -0.113. The molecule has 0 bridgehead atoms. The van der Waals surface area contributed by atoms with E-state index >= 15 is 0 Å². The van der Waals surface area contributed by atoms with Crippen molar-refractivity contribution >= 4 is 23.4 Å². The number of hydrogen-bond acceptors (Lipinski definition) is 4. The number of rotatable bonds is 6. The van der Waals surface area contributed by atoms with E-state index in [0.717, 1.165) is 29.1 Å². The molecule has 1 aromatic carbocycles. The van der Waals surface area contributed by atoms with Gasteiger partial charge < -0.3 is 5.32 Å². The summed E-state index contributed by atoms with van der Waals surface area (Å²) in [4.78, 5) is 21.0. The van der Waals surface area contributed by atoms with E-state index in [1.807, 2.05) is 32.9 Å². The van der Waals surface area contributed by atoms with E-state index in [-0.39, 0.29) is 5.91 Å².